The summed E-state index contributed by atoms with van der Waals surface area (Å²) in [5, 5.41) is 4.69. The van der Waals surface area contributed by atoms with Crippen LogP contribution >= 0.6 is 11.3 Å². The molecule has 0 atom stereocenters. The average Bonchev–Trinajstić information content (AvgIpc) is 3.65. The molecule has 2 amide bonds. The predicted octanol–water partition coefficient (Wildman–Crippen LogP) is 8.67. The number of carbonyl (C=O) groups excluding carboxylic acids is 4. The van der Waals surface area contributed by atoms with E-state index in [1.54, 1.807) is 56.6 Å². The number of halogens is 3. The van der Waals surface area contributed by atoms with Gasteiger partial charge in [0.15, 0.2) is 0 Å². The van der Waals surface area contributed by atoms with Gasteiger partial charge >= 0.3 is 18.1 Å². The lowest BCUT2D eigenvalue weighted by molar-refractivity contribution is -0.137. The lowest BCUT2D eigenvalue weighted by Gasteiger charge is -2.17. The zero-order chi connectivity index (χ0) is 36.5. The molecule has 51 heavy (non-hydrogen) atoms. The molecule has 0 aliphatic heterocycles. The van der Waals surface area contributed by atoms with Crippen molar-refractivity contribution in [3.8, 4) is 16.9 Å². The standard InChI is InChI=1S/C39H33F3N2O6S/c1-44(2)37(47)33-23-25(7-5-11-35(45)50-29-19-15-27(16-20-29)38(48)49-24-30-8-6-22-51-30)12-21-34(33)43-36(46)32-10-4-3-9-31(32)26-13-17-28(18-14-26)39(40,41)42/h3-4,6,8-10,12-23H,5,7,11,24H2,1-2H3,(H,43,46). The molecule has 12 heteroatoms. The van der Waals surface area contributed by atoms with Crippen LogP contribution in [0.3, 0.4) is 0 Å². The molecule has 4 aromatic carbocycles. The van der Waals surface area contributed by atoms with Crippen molar-refractivity contribution in [2.45, 2.75) is 32.0 Å². The number of anilines is 1. The van der Waals surface area contributed by atoms with Gasteiger partial charge < -0.3 is 19.7 Å². The minimum Gasteiger partial charge on any atom is -0.456 e. The number of hydrogen-bond donors (Lipinski definition) is 1. The third-order valence-corrected chi connectivity index (χ3v) is 8.61. The summed E-state index contributed by atoms with van der Waals surface area (Å²) in [7, 11) is 3.16. The minimum absolute atomic E-state index is 0.0841. The lowest BCUT2D eigenvalue weighted by atomic mass is 9.97. The Balaban J connectivity index is 1.20. The summed E-state index contributed by atoms with van der Waals surface area (Å²) in [6.07, 6.45) is -3.56. The average molecular weight is 715 g/mol. The van der Waals surface area contributed by atoms with E-state index >= 15 is 0 Å². The van der Waals surface area contributed by atoms with Crippen LogP contribution in [0.2, 0.25) is 0 Å². The van der Waals surface area contributed by atoms with Crippen molar-refractivity contribution in [1.82, 2.24) is 4.90 Å². The maximum atomic E-state index is 13.5. The van der Waals surface area contributed by atoms with Crippen LogP contribution in [-0.4, -0.2) is 42.7 Å². The Labute approximate surface area is 296 Å². The second-order valence-electron chi connectivity index (χ2n) is 11.7. The Bertz CT molecular complexity index is 2010. The van der Waals surface area contributed by atoms with Gasteiger partial charge in [0.25, 0.3) is 11.8 Å². The summed E-state index contributed by atoms with van der Waals surface area (Å²) in [5.41, 5.74) is 1.83. The van der Waals surface area contributed by atoms with Gasteiger partial charge in [0, 0.05) is 31.0 Å². The maximum absolute atomic E-state index is 13.5. The molecule has 0 radical (unpaired) electrons. The van der Waals surface area contributed by atoms with Crippen LogP contribution in [0.4, 0.5) is 18.9 Å². The normalized spacial score (nSPS) is 11.1. The van der Waals surface area contributed by atoms with Crippen molar-refractivity contribution in [2.24, 2.45) is 0 Å². The first kappa shape index (κ1) is 36.5. The van der Waals surface area contributed by atoms with Crippen molar-refractivity contribution in [1.29, 1.82) is 0 Å². The van der Waals surface area contributed by atoms with E-state index in [1.807, 2.05) is 17.5 Å². The monoisotopic (exact) mass is 714 g/mol. The van der Waals surface area contributed by atoms with E-state index in [2.05, 4.69) is 5.32 Å². The van der Waals surface area contributed by atoms with Crippen molar-refractivity contribution in [3.05, 3.63) is 141 Å². The molecule has 0 aliphatic rings. The molecule has 0 unspecified atom stereocenters. The number of rotatable bonds is 12. The maximum Gasteiger partial charge on any atom is 0.416 e. The van der Waals surface area contributed by atoms with Gasteiger partial charge in [-0.3, -0.25) is 14.4 Å². The predicted molar refractivity (Wildman–Crippen MR) is 188 cm³/mol. The van der Waals surface area contributed by atoms with Gasteiger partial charge in [-0.25, -0.2) is 4.79 Å². The Morgan fingerprint density at radius 3 is 2.22 bits per heavy atom. The van der Waals surface area contributed by atoms with E-state index in [-0.39, 0.29) is 41.5 Å². The summed E-state index contributed by atoms with van der Waals surface area (Å²) in [4.78, 5) is 53.8. The molecule has 0 aliphatic carbocycles. The molecule has 0 saturated heterocycles. The van der Waals surface area contributed by atoms with Gasteiger partial charge in [-0.2, -0.15) is 13.2 Å². The fraction of sp³-hybridized carbons (Fsp3) is 0.179. The third-order valence-electron chi connectivity index (χ3n) is 7.76. The number of amides is 2. The van der Waals surface area contributed by atoms with Gasteiger partial charge in [-0.1, -0.05) is 42.5 Å². The summed E-state index contributed by atoms with van der Waals surface area (Å²) in [5.74, 6) is -1.57. The molecule has 5 rings (SSSR count). The highest BCUT2D eigenvalue weighted by molar-refractivity contribution is 7.09. The summed E-state index contributed by atoms with van der Waals surface area (Å²) in [6, 6.07) is 25.9. The highest BCUT2D eigenvalue weighted by atomic mass is 32.1. The quantitative estimate of drug-likeness (QED) is 0.103. The number of aryl methyl sites for hydroxylation is 1. The topological polar surface area (TPSA) is 102 Å². The summed E-state index contributed by atoms with van der Waals surface area (Å²) < 4.78 is 50.0. The number of benzene rings is 4. The molecule has 0 spiro atoms. The highest BCUT2D eigenvalue weighted by Crippen LogP contribution is 2.32. The molecule has 1 N–H and O–H groups in total. The number of nitrogens with zero attached hydrogens (tertiary/aromatic N) is 1. The van der Waals surface area contributed by atoms with E-state index < -0.39 is 29.6 Å². The van der Waals surface area contributed by atoms with E-state index in [0.29, 0.717) is 29.5 Å². The lowest BCUT2D eigenvalue weighted by Crippen LogP contribution is -2.24. The number of carbonyl (C=O) groups is 4. The van der Waals surface area contributed by atoms with Crippen LogP contribution in [0.25, 0.3) is 11.1 Å². The second-order valence-corrected chi connectivity index (χ2v) is 12.7. The Morgan fingerprint density at radius 1 is 0.824 bits per heavy atom. The zero-order valence-electron chi connectivity index (χ0n) is 27.7. The Morgan fingerprint density at radius 2 is 1.55 bits per heavy atom. The molecule has 0 saturated carbocycles. The number of esters is 2. The Hall–Kier alpha value is -5.75. The number of nitrogens with one attached hydrogen (secondary N) is 1. The molecular weight excluding hydrogens is 681 g/mol. The first-order valence-electron chi connectivity index (χ1n) is 15.8. The van der Waals surface area contributed by atoms with E-state index in [9.17, 15) is 32.3 Å². The molecule has 5 aromatic rings. The Kier molecular flexibility index (Phi) is 11.7. The third kappa shape index (κ3) is 9.70. The van der Waals surface area contributed by atoms with Gasteiger partial charge in [0.1, 0.15) is 12.4 Å². The largest absolute Gasteiger partial charge is 0.456 e. The van der Waals surface area contributed by atoms with Crippen LogP contribution in [0, 0.1) is 0 Å². The molecule has 1 aromatic heterocycles. The van der Waals surface area contributed by atoms with Crippen molar-refractivity contribution in [2.75, 3.05) is 19.4 Å². The van der Waals surface area contributed by atoms with Gasteiger partial charge in [0.05, 0.1) is 22.4 Å². The van der Waals surface area contributed by atoms with Crippen LogP contribution < -0.4 is 10.1 Å². The van der Waals surface area contributed by atoms with Crippen LogP contribution in [-0.2, 0) is 28.7 Å². The van der Waals surface area contributed by atoms with Crippen molar-refractivity contribution in [3.63, 3.8) is 0 Å². The van der Waals surface area contributed by atoms with Gasteiger partial charge in [-0.15, -0.1) is 11.3 Å². The molecule has 8 nitrogen and oxygen atoms in total. The number of alkyl halides is 3. The first-order chi connectivity index (χ1) is 24.4. The minimum atomic E-state index is -4.49. The smallest absolute Gasteiger partial charge is 0.416 e. The van der Waals surface area contributed by atoms with Crippen LogP contribution in [0.15, 0.2) is 109 Å². The highest BCUT2D eigenvalue weighted by Gasteiger charge is 2.30. The van der Waals surface area contributed by atoms with E-state index in [1.165, 1.54) is 52.6 Å². The van der Waals surface area contributed by atoms with Crippen molar-refractivity contribution < 1.29 is 41.8 Å². The van der Waals surface area contributed by atoms with Crippen LogP contribution in [0.5, 0.6) is 5.75 Å². The molecule has 0 fully saturated rings. The number of hydrogen-bond acceptors (Lipinski definition) is 7. The first-order valence-corrected chi connectivity index (χ1v) is 16.7. The molecule has 0 bridgehead atoms. The van der Waals surface area contributed by atoms with Crippen LogP contribution in [0.1, 0.15) is 59.9 Å². The van der Waals surface area contributed by atoms with E-state index in [4.69, 9.17) is 9.47 Å². The fourth-order valence-corrected chi connectivity index (χ4v) is 5.74. The number of thiophene rings is 1. The fourth-order valence-electron chi connectivity index (χ4n) is 5.13. The summed E-state index contributed by atoms with van der Waals surface area (Å²) in [6.45, 7) is 0.179. The SMILES string of the molecule is CN(C)C(=O)c1cc(CCCC(=O)Oc2ccc(C(=O)OCc3cccs3)cc2)ccc1NC(=O)c1ccccc1-c1ccc(C(F)(F)F)cc1. The zero-order valence-corrected chi connectivity index (χ0v) is 28.5. The number of ether oxygens (including phenoxy) is 2. The molecule has 1 heterocycles. The molecular formula is C39H33F3N2O6S. The second kappa shape index (κ2) is 16.3. The van der Waals surface area contributed by atoms with Crippen molar-refractivity contribution >= 4 is 40.8 Å². The molecule has 262 valence electrons. The summed E-state index contributed by atoms with van der Waals surface area (Å²) >= 11 is 1.49. The van der Waals surface area contributed by atoms with Gasteiger partial charge in [-0.05, 0) is 95.6 Å². The van der Waals surface area contributed by atoms with Gasteiger partial charge in [0.2, 0.25) is 0 Å². The van der Waals surface area contributed by atoms with E-state index in [0.717, 1.165) is 22.6 Å².